The maximum absolute atomic E-state index is 4.31. The minimum atomic E-state index is 0.784. The van der Waals surface area contributed by atoms with Gasteiger partial charge in [-0.1, -0.05) is 17.8 Å². The van der Waals surface area contributed by atoms with Crippen molar-refractivity contribution in [2.24, 2.45) is 11.8 Å². The van der Waals surface area contributed by atoms with Crippen molar-refractivity contribution in [2.75, 3.05) is 7.05 Å². The molecule has 2 saturated carbocycles. The predicted octanol–water partition coefficient (Wildman–Crippen LogP) is 1.77. The number of nitrogens with zero attached hydrogens (tertiary/aromatic N) is 2. The average Bonchev–Trinajstić information content (AvgIpc) is 2.63. The zero-order chi connectivity index (χ0) is 9.54. The van der Waals surface area contributed by atoms with E-state index in [1.165, 1.54) is 24.3 Å². The van der Waals surface area contributed by atoms with Gasteiger partial charge in [-0.05, 0) is 31.7 Å². The highest BCUT2D eigenvalue weighted by Gasteiger charge is 2.54. The van der Waals surface area contributed by atoms with E-state index in [9.17, 15) is 0 Å². The second kappa shape index (κ2) is 3.28. The van der Waals surface area contributed by atoms with E-state index in [0.29, 0.717) is 0 Å². The summed E-state index contributed by atoms with van der Waals surface area (Å²) in [7, 11) is 1.95. The molecule has 0 radical (unpaired) electrons. The highest BCUT2D eigenvalue weighted by atomic mass is 32.1. The number of rotatable bonds is 3. The van der Waals surface area contributed by atoms with Crippen molar-refractivity contribution >= 4 is 11.3 Å². The van der Waals surface area contributed by atoms with Crippen LogP contribution in [0.25, 0.3) is 0 Å². The van der Waals surface area contributed by atoms with E-state index in [0.717, 1.165) is 29.3 Å². The van der Waals surface area contributed by atoms with Gasteiger partial charge in [-0.15, -0.1) is 10.2 Å². The fourth-order valence-electron chi connectivity index (χ4n) is 2.81. The molecule has 2 unspecified atom stereocenters. The topological polar surface area (TPSA) is 37.8 Å². The summed E-state index contributed by atoms with van der Waals surface area (Å²) in [6, 6.07) is 0. The minimum absolute atomic E-state index is 0.784. The number of fused-ring (bicyclic) bond motifs is 1. The molecule has 1 aromatic rings. The van der Waals surface area contributed by atoms with E-state index in [4.69, 9.17) is 0 Å². The van der Waals surface area contributed by atoms with Crippen molar-refractivity contribution in [3.05, 3.63) is 10.0 Å². The Kier molecular flexibility index (Phi) is 2.06. The molecule has 2 fully saturated rings. The Morgan fingerprint density at radius 3 is 2.86 bits per heavy atom. The van der Waals surface area contributed by atoms with Gasteiger partial charge in [0.1, 0.15) is 10.0 Å². The second-order valence-electron chi connectivity index (χ2n) is 4.35. The Morgan fingerprint density at radius 1 is 1.36 bits per heavy atom. The first kappa shape index (κ1) is 8.80. The zero-order valence-electron chi connectivity index (χ0n) is 8.36. The van der Waals surface area contributed by atoms with E-state index < -0.39 is 0 Å². The summed E-state index contributed by atoms with van der Waals surface area (Å²) in [4.78, 5) is 0. The SMILES string of the molecule is CNCc1nnc(C2C3CCCC32)s1. The number of hydrogen-bond acceptors (Lipinski definition) is 4. The number of aromatic nitrogens is 2. The molecule has 1 N–H and O–H groups in total. The summed E-state index contributed by atoms with van der Waals surface area (Å²) in [5.74, 6) is 2.71. The van der Waals surface area contributed by atoms with Crippen LogP contribution in [0, 0.1) is 11.8 Å². The summed E-state index contributed by atoms with van der Waals surface area (Å²) in [5.41, 5.74) is 0. The van der Waals surface area contributed by atoms with Gasteiger partial charge in [0.05, 0.1) is 0 Å². The molecule has 0 aromatic carbocycles. The van der Waals surface area contributed by atoms with E-state index in [1.807, 2.05) is 7.05 Å². The molecule has 1 heterocycles. The molecule has 3 nitrogen and oxygen atoms in total. The summed E-state index contributed by atoms with van der Waals surface area (Å²) in [6.45, 7) is 0.861. The molecule has 3 rings (SSSR count). The first-order valence-corrected chi connectivity index (χ1v) is 6.18. The molecular formula is C10H15N3S. The van der Waals surface area contributed by atoms with Crippen LogP contribution >= 0.6 is 11.3 Å². The molecule has 2 atom stereocenters. The van der Waals surface area contributed by atoms with Gasteiger partial charge in [0.15, 0.2) is 0 Å². The van der Waals surface area contributed by atoms with Crippen LogP contribution in [-0.2, 0) is 6.54 Å². The van der Waals surface area contributed by atoms with Crippen molar-refractivity contribution in [3.63, 3.8) is 0 Å². The van der Waals surface area contributed by atoms with Gasteiger partial charge in [-0.25, -0.2) is 0 Å². The molecule has 0 amide bonds. The molecule has 2 aliphatic rings. The van der Waals surface area contributed by atoms with Crippen LogP contribution in [0.4, 0.5) is 0 Å². The lowest BCUT2D eigenvalue weighted by atomic mass is 10.2. The number of nitrogens with one attached hydrogen (secondary N) is 1. The maximum atomic E-state index is 4.31. The third-order valence-corrected chi connectivity index (χ3v) is 4.53. The lowest BCUT2D eigenvalue weighted by molar-refractivity contribution is 0.674. The van der Waals surface area contributed by atoms with Crippen molar-refractivity contribution in [1.29, 1.82) is 0 Å². The lowest BCUT2D eigenvalue weighted by Gasteiger charge is -1.95. The van der Waals surface area contributed by atoms with Crippen LogP contribution in [0.1, 0.15) is 35.2 Å². The van der Waals surface area contributed by atoms with Crippen LogP contribution < -0.4 is 5.32 Å². The van der Waals surface area contributed by atoms with Crippen LogP contribution in [0.5, 0.6) is 0 Å². The smallest absolute Gasteiger partial charge is 0.131 e. The van der Waals surface area contributed by atoms with E-state index in [2.05, 4.69) is 15.5 Å². The standard InChI is InChI=1S/C10H15N3S/c1-11-5-8-12-13-10(14-8)9-6-3-2-4-7(6)9/h6-7,9,11H,2-5H2,1H3. The molecule has 4 heteroatoms. The Labute approximate surface area is 87.9 Å². The highest BCUT2D eigenvalue weighted by Crippen LogP contribution is 2.63. The minimum Gasteiger partial charge on any atom is -0.313 e. The molecule has 0 aliphatic heterocycles. The van der Waals surface area contributed by atoms with E-state index in [-0.39, 0.29) is 0 Å². The predicted molar refractivity (Wildman–Crippen MR) is 56.2 cm³/mol. The Bertz CT molecular complexity index is 326. The normalized spacial score (nSPS) is 34.5. The fourth-order valence-corrected chi connectivity index (χ4v) is 3.92. The van der Waals surface area contributed by atoms with Crippen LogP contribution in [-0.4, -0.2) is 17.2 Å². The quantitative estimate of drug-likeness (QED) is 0.824. The Balaban J connectivity index is 1.72. The van der Waals surface area contributed by atoms with Crippen molar-refractivity contribution in [3.8, 4) is 0 Å². The molecule has 0 bridgehead atoms. The van der Waals surface area contributed by atoms with Crippen LogP contribution in [0.15, 0.2) is 0 Å². The Hall–Kier alpha value is -0.480. The Morgan fingerprint density at radius 2 is 2.14 bits per heavy atom. The average molecular weight is 209 g/mol. The zero-order valence-corrected chi connectivity index (χ0v) is 9.18. The van der Waals surface area contributed by atoms with E-state index >= 15 is 0 Å². The fraction of sp³-hybridized carbons (Fsp3) is 0.800. The molecular weight excluding hydrogens is 194 g/mol. The summed E-state index contributed by atoms with van der Waals surface area (Å²) in [6.07, 6.45) is 4.29. The van der Waals surface area contributed by atoms with Gasteiger partial charge in [0, 0.05) is 12.5 Å². The molecule has 2 aliphatic carbocycles. The maximum Gasteiger partial charge on any atom is 0.131 e. The number of hydrogen-bond donors (Lipinski definition) is 1. The van der Waals surface area contributed by atoms with Crippen molar-refractivity contribution in [2.45, 2.75) is 31.7 Å². The molecule has 76 valence electrons. The largest absolute Gasteiger partial charge is 0.313 e. The van der Waals surface area contributed by atoms with E-state index in [1.54, 1.807) is 11.3 Å². The van der Waals surface area contributed by atoms with Crippen LogP contribution in [0.3, 0.4) is 0 Å². The molecule has 14 heavy (non-hydrogen) atoms. The highest BCUT2D eigenvalue weighted by molar-refractivity contribution is 7.11. The van der Waals surface area contributed by atoms with Gasteiger partial charge in [0.25, 0.3) is 0 Å². The van der Waals surface area contributed by atoms with Gasteiger partial charge in [0.2, 0.25) is 0 Å². The molecule has 0 saturated heterocycles. The first-order chi connectivity index (χ1) is 6.90. The van der Waals surface area contributed by atoms with Gasteiger partial charge in [-0.2, -0.15) is 0 Å². The monoisotopic (exact) mass is 209 g/mol. The van der Waals surface area contributed by atoms with Gasteiger partial charge < -0.3 is 5.32 Å². The molecule has 1 aromatic heterocycles. The summed E-state index contributed by atoms with van der Waals surface area (Å²) >= 11 is 1.80. The van der Waals surface area contributed by atoms with Crippen LogP contribution in [0.2, 0.25) is 0 Å². The third-order valence-electron chi connectivity index (χ3n) is 3.50. The summed E-state index contributed by atoms with van der Waals surface area (Å²) in [5, 5.41) is 14.1. The first-order valence-electron chi connectivity index (χ1n) is 5.37. The third kappa shape index (κ3) is 1.28. The van der Waals surface area contributed by atoms with Crippen molar-refractivity contribution in [1.82, 2.24) is 15.5 Å². The summed E-state index contributed by atoms with van der Waals surface area (Å²) < 4.78 is 0. The lowest BCUT2D eigenvalue weighted by Crippen LogP contribution is -2.04. The van der Waals surface area contributed by atoms with Crippen molar-refractivity contribution < 1.29 is 0 Å². The second-order valence-corrected chi connectivity index (χ2v) is 5.44. The molecule has 0 spiro atoms. The van der Waals surface area contributed by atoms with Gasteiger partial charge >= 0.3 is 0 Å². The van der Waals surface area contributed by atoms with Gasteiger partial charge in [-0.3, -0.25) is 0 Å².